The molecule has 5 heteroatoms. The van der Waals surface area contributed by atoms with Crippen molar-refractivity contribution in [2.24, 2.45) is 0 Å². The Labute approximate surface area is 175 Å². The summed E-state index contributed by atoms with van der Waals surface area (Å²) < 4.78 is 0. The molecule has 142 valence electrons. The molecule has 0 radical (unpaired) electrons. The van der Waals surface area contributed by atoms with Crippen LogP contribution in [0.2, 0.25) is 0 Å². The van der Waals surface area contributed by atoms with Crippen molar-refractivity contribution in [2.45, 2.75) is 24.7 Å². The van der Waals surface area contributed by atoms with Crippen molar-refractivity contribution in [3.05, 3.63) is 94.0 Å². The Morgan fingerprint density at radius 1 is 1.03 bits per heavy atom. The Morgan fingerprint density at radius 2 is 1.72 bits per heavy atom. The molecule has 0 heterocycles. The fourth-order valence-electron chi connectivity index (χ4n) is 3.14. The minimum absolute atomic E-state index is 0.300. The van der Waals surface area contributed by atoms with Crippen LogP contribution >= 0.6 is 12.6 Å². The zero-order valence-corrected chi connectivity index (χ0v) is 17.0. The zero-order valence-electron chi connectivity index (χ0n) is 16.1. The first kappa shape index (κ1) is 20.2. The molecule has 0 aliphatic carbocycles. The van der Waals surface area contributed by atoms with Gasteiger partial charge in [0.05, 0.1) is 29.2 Å². The van der Waals surface area contributed by atoms with Gasteiger partial charge in [-0.05, 0) is 48.7 Å². The lowest BCUT2D eigenvalue weighted by atomic mass is 9.87. The molecule has 4 nitrogen and oxygen atoms in total. The number of aryl methyl sites for hydroxylation is 2. The Morgan fingerprint density at radius 3 is 2.34 bits per heavy atom. The number of amides is 1. The summed E-state index contributed by atoms with van der Waals surface area (Å²) in [6.45, 7) is 3.83. The lowest BCUT2D eigenvalue weighted by molar-refractivity contribution is 0.102. The minimum Gasteiger partial charge on any atom is -0.322 e. The van der Waals surface area contributed by atoms with Crippen LogP contribution in [-0.2, 0) is 0 Å². The molecule has 1 unspecified atom stereocenters. The SMILES string of the molecule is Cc1ccc(C(C#N)c2cc(C)c(NC(=O)c3ccccc3S)cc2C#N)cc1. The fourth-order valence-corrected chi connectivity index (χ4v) is 3.40. The van der Waals surface area contributed by atoms with Crippen molar-refractivity contribution in [2.75, 3.05) is 5.32 Å². The van der Waals surface area contributed by atoms with E-state index in [1.165, 1.54) is 0 Å². The highest BCUT2D eigenvalue weighted by atomic mass is 32.1. The van der Waals surface area contributed by atoms with Gasteiger partial charge in [-0.3, -0.25) is 4.79 Å². The monoisotopic (exact) mass is 397 g/mol. The molecule has 1 N–H and O–H groups in total. The minimum atomic E-state index is -0.563. The molecule has 0 saturated heterocycles. The number of benzene rings is 3. The number of hydrogen-bond acceptors (Lipinski definition) is 4. The molecule has 1 amide bonds. The lowest BCUT2D eigenvalue weighted by Gasteiger charge is -2.16. The van der Waals surface area contributed by atoms with Gasteiger partial charge in [-0.15, -0.1) is 12.6 Å². The van der Waals surface area contributed by atoms with Gasteiger partial charge in [0.1, 0.15) is 0 Å². The van der Waals surface area contributed by atoms with Crippen LogP contribution in [0, 0.1) is 36.5 Å². The first-order chi connectivity index (χ1) is 13.9. The van der Waals surface area contributed by atoms with Crippen molar-refractivity contribution in [1.82, 2.24) is 0 Å². The number of nitrogens with zero attached hydrogens (tertiary/aromatic N) is 2. The number of hydrogen-bond donors (Lipinski definition) is 2. The quantitative estimate of drug-likeness (QED) is 0.581. The van der Waals surface area contributed by atoms with Crippen LogP contribution in [0.15, 0.2) is 65.6 Å². The molecule has 0 saturated carbocycles. The van der Waals surface area contributed by atoms with Crippen molar-refractivity contribution < 1.29 is 4.79 Å². The topological polar surface area (TPSA) is 76.7 Å². The molecule has 3 aromatic carbocycles. The van der Waals surface area contributed by atoms with E-state index in [0.29, 0.717) is 27.3 Å². The summed E-state index contributed by atoms with van der Waals surface area (Å²) in [5, 5.41) is 22.3. The number of nitrogens with one attached hydrogen (secondary N) is 1. The Bertz CT molecular complexity index is 1150. The summed E-state index contributed by atoms with van der Waals surface area (Å²) in [4.78, 5) is 13.2. The highest BCUT2D eigenvalue weighted by Crippen LogP contribution is 2.31. The molecule has 3 rings (SSSR count). The van der Waals surface area contributed by atoms with E-state index in [2.05, 4.69) is 30.1 Å². The van der Waals surface area contributed by atoms with Gasteiger partial charge in [0.25, 0.3) is 5.91 Å². The van der Waals surface area contributed by atoms with Crippen molar-refractivity contribution >= 4 is 24.2 Å². The maximum absolute atomic E-state index is 12.6. The lowest BCUT2D eigenvalue weighted by Crippen LogP contribution is -2.14. The normalized spacial score (nSPS) is 11.2. The first-order valence-electron chi connectivity index (χ1n) is 9.04. The van der Waals surface area contributed by atoms with E-state index in [-0.39, 0.29) is 5.91 Å². The average Bonchev–Trinajstić information content (AvgIpc) is 2.72. The average molecular weight is 398 g/mol. The highest BCUT2D eigenvalue weighted by Gasteiger charge is 2.20. The van der Waals surface area contributed by atoms with Crippen LogP contribution in [0.3, 0.4) is 0 Å². The number of thiol groups is 1. The summed E-state index contributed by atoms with van der Waals surface area (Å²) >= 11 is 4.32. The molecule has 0 bridgehead atoms. The summed E-state index contributed by atoms with van der Waals surface area (Å²) in [6.07, 6.45) is 0. The van der Waals surface area contributed by atoms with E-state index >= 15 is 0 Å². The summed E-state index contributed by atoms with van der Waals surface area (Å²) in [5.41, 5.74) is 4.68. The smallest absolute Gasteiger partial charge is 0.256 e. The third-order valence-electron chi connectivity index (χ3n) is 4.76. The van der Waals surface area contributed by atoms with Crippen molar-refractivity contribution in [3.63, 3.8) is 0 Å². The predicted molar refractivity (Wildman–Crippen MR) is 116 cm³/mol. The van der Waals surface area contributed by atoms with Gasteiger partial charge in [-0.1, -0.05) is 48.0 Å². The van der Waals surface area contributed by atoms with Gasteiger partial charge in [0.2, 0.25) is 0 Å². The molecule has 0 fully saturated rings. The molecule has 3 aromatic rings. The van der Waals surface area contributed by atoms with E-state index in [0.717, 1.165) is 16.7 Å². The molecule has 0 aliphatic heterocycles. The van der Waals surface area contributed by atoms with Gasteiger partial charge in [0.15, 0.2) is 0 Å². The van der Waals surface area contributed by atoms with Gasteiger partial charge in [0, 0.05) is 10.6 Å². The van der Waals surface area contributed by atoms with Crippen LogP contribution in [0.25, 0.3) is 0 Å². The van der Waals surface area contributed by atoms with E-state index in [4.69, 9.17) is 0 Å². The third-order valence-corrected chi connectivity index (χ3v) is 5.15. The molecule has 0 aromatic heterocycles. The van der Waals surface area contributed by atoms with E-state index in [1.807, 2.05) is 38.1 Å². The second-order valence-corrected chi connectivity index (χ2v) is 7.29. The largest absolute Gasteiger partial charge is 0.322 e. The van der Waals surface area contributed by atoms with Gasteiger partial charge < -0.3 is 5.32 Å². The maximum Gasteiger partial charge on any atom is 0.256 e. The Kier molecular flexibility index (Phi) is 6.02. The maximum atomic E-state index is 12.6. The van der Waals surface area contributed by atoms with Gasteiger partial charge >= 0.3 is 0 Å². The number of anilines is 1. The number of carbonyl (C=O) groups is 1. The van der Waals surface area contributed by atoms with Gasteiger partial charge in [-0.2, -0.15) is 10.5 Å². The molecule has 0 spiro atoms. The van der Waals surface area contributed by atoms with E-state index in [9.17, 15) is 15.3 Å². The molecule has 0 aliphatic rings. The Hall–Kier alpha value is -3.54. The molecule has 1 atom stereocenters. The van der Waals surface area contributed by atoms with E-state index < -0.39 is 5.92 Å². The van der Waals surface area contributed by atoms with Crippen molar-refractivity contribution in [1.29, 1.82) is 10.5 Å². The molecule has 29 heavy (non-hydrogen) atoms. The van der Waals surface area contributed by atoms with E-state index in [1.54, 1.807) is 36.4 Å². The standard InChI is InChI=1S/C24H19N3OS/c1-15-7-9-17(10-8-15)21(14-26)20-11-16(2)22(12-18(20)13-25)27-24(28)19-5-3-4-6-23(19)29/h3-12,21,29H,1-2H3,(H,27,28). The molecular weight excluding hydrogens is 378 g/mol. The summed E-state index contributed by atoms with van der Waals surface area (Å²) in [6, 6.07) is 22.6. The Balaban J connectivity index is 1.98. The number of carbonyl (C=O) groups excluding carboxylic acids is 1. The zero-order chi connectivity index (χ0) is 21.0. The predicted octanol–water partition coefficient (Wildman–Crippen LogP) is 5.37. The second kappa shape index (κ2) is 8.65. The number of rotatable bonds is 4. The fraction of sp³-hybridized carbons (Fsp3) is 0.125. The second-order valence-electron chi connectivity index (χ2n) is 6.81. The first-order valence-corrected chi connectivity index (χ1v) is 9.49. The van der Waals surface area contributed by atoms with Crippen LogP contribution in [0.1, 0.15) is 44.1 Å². The van der Waals surface area contributed by atoms with Gasteiger partial charge in [-0.25, -0.2) is 0 Å². The van der Waals surface area contributed by atoms with Crippen LogP contribution < -0.4 is 5.32 Å². The summed E-state index contributed by atoms with van der Waals surface area (Å²) in [5.74, 6) is -0.863. The van der Waals surface area contributed by atoms with Crippen LogP contribution in [0.5, 0.6) is 0 Å². The van der Waals surface area contributed by atoms with Crippen molar-refractivity contribution in [3.8, 4) is 12.1 Å². The van der Waals surface area contributed by atoms with Crippen LogP contribution in [-0.4, -0.2) is 5.91 Å². The summed E-state index contributed by atoms with van der Waals surface area (Å²) in [7, 11) is 0. The third kappa shape index (κ3) is 4.32. The van der Waals surface area contributed by atoms with Crippen LogP contribution in [0.4, 0.5) is 5.69 Å². The highest BCUT2D eigenvalue weighted by molar-refractivity contribution is 7.80. The number of nitriles is 2. The molecular formula is C24H19N3OS.